The van der Waals surface area contributed by atoms with Crippen molar-refractivity contribution in [3.8, 4) is 0 Å². The lowest BCUT2D eigenvalue weighted by molar-refractivity contribution is -0.151. The van der Waals surface area contributed by atoms with Crippen LogP contribution in [0.1, 0.15) is 39.5 Å². The smallest absolute Gasteiger partial charge is 0.309 e. The van der Waals surface area contributed by atoms with E-state index in [1.807, 2.05) is 19.9 Å². The molecule has 0 spiro atoms. The van der Waals surface area contributed by atoms with Crippen LogP contribution in [0.3, 0.4) is 0 Å². The number of ether oxygens (including phenoxy) is 1. The molecule has 1 rings (SSSR count). The van der Waals surface area contributed by atoms with Gasteiger partial charge in [0.15, 0.2) is 0 Å². The van der Waals surface area contributed by atoms with Gasteiger partial charge >= 0.3 is 11.9 Å². The summed E-state index contributed by atoms with van der Waals surface area (Å²) in [6, 6.07) is 0. The van der Waals surface area contributed by atoms with Crippen LogP contribution in [0.2, 0.25) is 0 Å². The SMILES string of the molecule is CC(C)=CCOC(=O)C1CCCC(C(=O)O)C1. The highest BCUT2D eigenvalue weighted by atomic mass is 16.5. The molecule has 1 saturated carbocycles. The molecule has 2 unspecified atom stereocenters. The van der Waals surface area contributed by atoms with Crippen LogP contribution in [0.15, 0.2) is 11.6 Å². The van der Waals surface area contributed by atoms with E-state index in [-0.39, 0.29) is 24.4 Å². The first-order valence-electron chi connectivity index (χ1n) is 6.03. The number of aliphatic carboxylic acids is 1. The van der Waals surface area contributed by atoms with Crippen molar-refractivity contribution in [3.63, 3.8) is 0 Å². The third kappa shape index (κ3) is 4.59. The predicted octanol–water partition coefficient (Wildman–Crippen LogP) is 2.39. The zero-order valence-electron chi connectivity index (χ0n) is 10.4. The Morgan fingerprint density at radius 2 is 1.94 bits per heavy atom. The number of esters is 1. The number of carboxylic acid groups (broad SMARTS) is 1. The second-order valence-corrected chi connectivity index (χ2v) is 4.81. The maximum Gasteiger partial charge on any atom is 0.309 e. The lowest BCUT2D eigenvalue weighted by atomic mass is 9.81. The highest BCUT2D eigenvalue weighted by molar-refractivity contribution is 5.75. The van der Waals surface area contributed by atoms with E-state index in [4.69, 9.17) is 9.84 Å². The Morgan fingerprint density at radius 3 is 2.53 bits per heavy atom. The van der Waals surface area contributed by atoms with Crippen LogP contribution in [-0.4, -0.2) is 23.7 Å². The molecule has 0 aromatic carbocycles. The average Bonchev–Trinajstić information content (AvgIpc) is 2.28. The van der Waals surface area contributed by atoms with E-state index in [0.717, 1.165) is 18.4 Å². The molecule has 1 fully saturated rings. The fraction of sp³-hybridized carbons (Fsp3) is 0.692. The van der Waals surface area contributed by atoms with E-state index >= 15 is 0 Å². The molecular weight excluding hydrogens is 220 g/mol. The number of carbonyl (C=O) groups is 2. The molecule has 0 aliphatic heterocycles. The highest BCUT2D eigenvalue weighted by Gasteiger charge is 2.31. The summed E-state index contributed by atoms with van der Waals surface area (Å²) >= 11 is 0. The molecular formula is C13H20O4. The zero-order valence-corrected chi connectivity index (χ0v) is 10.4. The van der Waals surface area contributed by atoms with Gasteiger partial charge in [-0.15, -0.1) is 0 Å². The van der Waals surface area contributed by atoms with Crippen LogP contribution < -0.4 is 0 Å². The lowest BCUT2D eigenvalue weighted by Gasteiger charge is -2.24. The standard InChI is InChI=1S/C13H20O4/c1-9(2)6-7-17-13(16)11-5-3-4-10(8-11)12(14)15/h6,10-11H,3-5,7-8H2,1-2H3,(H,14,15). The van der Waals surface area contributed by atoms with Crippen LogP contribution in [0.25, 0.3) is 0 Å². The molecule has 4 heteroatoms. The van der Waals surface area contributed by atoms with Gasteiger partial charge in [-0.1, -0.05) is 12.0 Å². The van der Waals surface area contributed by atoms with Crippen LogP contribution in [0.4, 0.5) is 0 Å². The first kappa shape index (κ1) is 13.7. The summed E-state index contributed by atoms with van der Waals surface area (Å²) in [5.41, 5.74) is 1.10. The summed E-state index contributed by atoms with van der Waals surface area (Å²) in [6.45, 7) is 4.17. The number of hydrogen-bond acceptors (Lipinski definition) is 3. The van der Waals surface area contributed by atoms with Gasteiger partial charge in [-0.3, -0.25) is 9.59 Å². The van der Waals surface area contributed by atoms with Gasteiger partial charge in [-0.05, 0) is 39.2 Å². The molecule has 0 bridgehead atoms. The third-order valence-electron chi connectivity index (χ3n) is 3.07. The Bertz CT molecular complexity index is 315. The first-order valence-corrected chi connectivity index (χ1v) is 6.03. The molecule has 0 saturated heterocycles. The molecule has 0 radical (unpaired) electrons. The minimum Gasteiger partial charge on any atom is -0.481 e. The van der Waals surface area contributed by atoms with Crippen molar-refractivity contribution in [1.82, 2.24) is 0 Å². The van der Waals surface area contributed by atoms with E-state index in [1.54, 1.807) is 0 Å². The second kappa shape index (κ2) is 6.42. The van der Waals surface area contributed by atoms with Crippen molar-refractivity contribution in [2.24, 2.45) is 11.8 Å². The van der Waals surface area contributed by atoms with Crippen LogP contribution in [0.5, 0.6) is 0 Å². The van der Waals surface area contributed by atoms with Gasteiger partial charge in [0.1, 0.15) is 6.61 Å². The van der Waals surface area contributed by atoms with Gasteiger partial charge in [0, 0.05) is 0 Å². The number of allylic oxidation sites excluding steroid dienone is 1. The van der Waals surface area contributed by atoms with Gasteiger partial charge in [0.05, 0.1) is 11.8 Å². The quantitative estimate of drug-likeness (QED) is 0.605. The van der Waals surface area contributed by atoms with Gasteiger partial charge < -0.3 is 9.84 Å². The normalized spacial score (nSPS) is 23.9. The number of rotatable bonds is 4. The van der Waals surface area contributed by atoms with E-state index in [1.165, 1.54) is 0 Å². The van der Waals surface area contributed by atoms with Crippen molar-refractivity contribution < 1.29 is 19.4 Å². The molecule has 17 heavy (non-hydrogen) atoms. The van der Waals surface area contributed by atoms with Crippen molar-refractivity contribution in [3.05, 3.63) is 11.6 Å². The first-order chi connectivity index (χ1) is 8.00. The summed E-state index contributed by atoms with van der Waals surface area (Å²) in [4.78, 5) is 22.6. The molecule has 1 aliphatic carbocycles. The molecule has 0 amide bonds. The Morgan fingerprint density at radius 1 is 1.29 bits per heavy atom. The fourth-order valence-electron chi connectivity index (χ4n) is 2.04. The van der Waals surface area contributed by atoms with Gasteiger partial charge in [0.2, 0.25) is 0 Å². The summed E-state index contributed by atoms with van der Waals surface area (Å²) < 4.78 is 5.11. The Labute approximate surface area is 102 Å². The maximum atomic E-state index is 11.7. The summed E-state index contributed by atoms with van der Waals surface area (Å²) in [6.07, 6.45) is 4.47. The monoisotopic (exact) mass is 240 g/mol. The zero-order chi connectivity index (χ0) is 12.8. The van der Waals surface area contributed by atoms with Crippen LogP contribution in [0, 0.1) is 11.8 Å². The number of hydrogen-bond donors (Lipinski definition) is 1. The Hall–Kier alpha value is -1.32. The average molecular weight is 240 g/mol. The lowest BCUT2D eigenvalue weighted by Crippen LogP contribution is -2.28. The topological polar surface area (TPSA) is 63.6 Å². The molecule has 96 valence electrons. The Kier molecular flexibility index (Phi) is 5.19. The number of carbonyl (C=O) groups excluding carboxylic acids is 1. The molecule has 1 aliphatic rings. The second-order valence-electron chi connectivity index (χ2n) is 4.81. The largest absolute Gasteiger partial charge is 0.481 e. The fourth-order valence-corrected chi connectivity index (χ4v) is 2.04. The number of carboxylic acids is 1. The van der Waals surface area contributed by atoms with Crippen molar-refractivity contribution in [2.45, 2.75) is 39.5 Å². The van der Waals surface area contributed by atoms with Crippen LogP contribution in [-0.2, 0) is 14.3 Å². The highest BCUT2D eigenvalue weighted by Crippen LogP contribution is 2.29. The van der Waals surface area contributed by atoms with Crippen LogP contribution >= 0.6 is 0 Å². The van der Waals surface area contributed by atoms with E-state index < -0.39 is 5.97 Å². The van der Waals surface area contributed by atoms with E-state index in [0.29, 0.717) is 12.8 Å². The molecule has 0 heterocycles. The van der Waals surface area contributed by atoms with Crippen molar-refractivity contribution in [2.75, 3.05) is 6.61 Å². The minimum absolute atomic E-state index is 0.240. The van der Waals surface area contributed by atoms with Gasteiger partial charge in [-0.2, -0.15) is 0 Å². The summed E-state index contributed by atoms with van der Waals surface area (Å²) in [5.74, 6) is -1.68. The molecule has 0 aromatic heterocycles. The molecule has 4 nitrogen and oxygen atoms in total. The maximum absolute atomic E-state index is 11.7. The van der Waals surface area contributed by atoms with Gasteiger partial charge in [0.25, 0.3) is 0 Å². The minimum atomic E-state index is -0.799. The van der Waals surface area contributed by atoms with Crippen molar-refractivity contribution >= 4 is 11.9 Å². The molecule has 2 atom stereocenters. The molecule has 1 N–H and O–H groups in total. The van der Waals surface area contributed by atoms with E-state index in [9.17, 15) is 9.59 Å². The van der Waals surface area contributed by atoms with Crippen molar-refractivity contribution in [1.29, 1.82) is 0 Å². The molecule has 0 aromatic rings. The van der Waals surface area contributed by atoms with E-state index in [2.05, 4.69) is 0 Å². The predicted molar refractivity (Wildman–Crippen MR) is 63.5 cm³/mol. The summed E-state index contributed by atoms with van der Waals surface area (Å²) in [5, 5.41) is 8.93. The third-order valence-corrected chi connectivity index (χ3v) is 3.07. The van der Waals surface area contributed by atoms with Gasteiger partial charge in [-0.25, -0.2) is 0 Å². The Balaban J connectivity index is 2.41. The summed E-state index contributed by atoms with van der Waals surface area (Å²) in [7, 11) is 0.